The minimum absolute atomic E-state index is 0.0670. The number of aromatic hydroxyl groups is 1. The highest BCUT2D eigenvalue weighted by Gasteiger charge is 2.33. The molecular formula is C23H40ClN3O3S. The van der Waals surface area contributed by atoms with Crippen LogP contribution in [0.25, 0.3) is 0 Å². The Morgan fingerprint density at radius 3 is 2.29 bits per heavy atom. The van der Waals surface area contributed by atoms with Gasteiger partial charge in [-0.05, 0) is 68.2 Å². The van der Waals surface area contributed by atoms with E-state index in [0.717, 1.165) is 30.6 Å². The predicted octanol–water partition coefficient (Wildman–Crippen LogP) is 5.23. The first-order chi connectivity index (χ1) is 14.4. The quantitative estimate of drug-likeness (QED) is 0.417. The van der Waals surface area contributed by atoms with Gasteiger partial charge >= 0.3 is 0 Å². The van der Waals surface area contributed by atoms with Crippen LogP contribution in [0, 0.1) is 17.8 Å². The van der Waals surface area contributed by atoms with Gasteiger partial charge in [0.15, 0.2) is 15.8 Å². The lowest BCUT2D eigenvalue weighted by Gasteiger charge is -2.20. The third-order valence-corrected chi connectivity index (χ3v) is 6.20. The van der Waals surface area contributed by atoms with E-state index in [1.54, 1.807) is 13.1 Å². The van der Waals surface area contributed by atoms with E-state index in [0.29, 0.717) is 11.0 Å². The van der Waals surface area contributed by atoms with Crippen LogP contribution in [0.5, 0.6) is 5.75 Å². The molecule has 0 saturated heterocycles. The van der Waals surface area contributed by atoms with Gasteiger partial charge < -0.3 is 15.7 Å². The van der Waals surface area contributed by atoms with Crippen LogP contribution in [0.15, 0.2) is 45.4 Å². The number of nitrogens with two attached hydrogens (primary N) is 1. The molecule has 1 saturated carbocycles. The molecule has 0 aromatic heterocycles. The van der Waals surface area contributed by atoms with Gasteiger partial charge in [-0.2, -0.15) is 0 Å². The van der Waals surface area contributed by atoms with E-state index in [-0.39, 0.29) is 10.6 Å². The van der Waals surface area contributed by atoms with Crippen molar-refractivity contribution in [1.29, 1.82) is 0 Å². The van der Waals surface area contributed by atoms with Crippen molar-refractivity contribution in [1.82, 2.24) is 4.90 Å². The zero-order valence-electron chi connectivity index (χ0n) is 20.0. The molecule has 1 aromatic rings. The van der Waals surface area contributed by atoms with Crippen LogP contribution in [-0.4, -0.2) is 44.2 Å². The molecule has 8 heteroatoms. The van der Waals surface area contributed by atoms with Gasteiger partial charge in [0.1, 0.15) is 5.75 Å². The van der Waals surface area contributed by atoms with Gasteiger partial charge in [-0.15, -0.1) is 0 Å². The number of phenolic OH excluding ortho intramolecular Hbond substituents is 1. The van der Waals surface area contributed by atoms with Crippen molar-refractivity contribution in [2.75, 3.05) is 19.8 Å². The first-order valence-corrected chi connectivity index (χ1v) is 13.0. The van der Waals surface area contributed by atoms with E-state index < -0.39 is 9.84 Å². The summed E-state index contributed by atoms with van der Waals surface area (Å²) in [6, 6.07) is 5.42. The number of guanidine groups is 1. The molecule has 0 amide bonds. The number of hydrogen-bond donors (Lipinski definition) is 2. The van der Waals surface area contributed by atoms with Crippen molar-refractivity contribution in [2.24, 2.45) is 28.5 Å². The van der Waals surface area contributed by atoms with Gasteiger partial charge in [-0.3, -0.25) is 0 Å². The van der Waals surface area contributed by atoms with E-state index in [1.165, 1.54) is 43.5 Å². The molecule has 178 valence electrons. The molecule has 2 rings (SSSR count). The second-order valence-electron chi connectivity index (χ2n) is 7.99. The summed E-state index contributed by atoms with van der Waals surface area (Å²) in [5.74, 6) is 3.28. The number of aliphatic imine (C=N–C) groups is 1. The van der Waals surface area contributed by atoms with Crippen LogP contribution >= 0.6 is 11.6 Å². The molecule has 1 fully saturated rings. The summed E-state index contributed by atoms with van der Waals surface area (Å²) < 4.78 is 21.7. The van der Waals surface area contributed by atoms with Crippen LogP contribution in [0.4, 0.5) is 0 Å². The third-order valence-electron chi connectivity index (χ3n) is 4.97. The Hall–Kier alpha value is -1.73. The topological polar surface area (TPSA) is 96.0 Å². The van der Waals surface area contributed by atoms with E-state index in [9.17, 15) is 8.42 Å². The lowest BCUT2D eigenvalue weighted by Crippen LogP contribution is -2.35. The molecule has 3 N–H and O–H groups in total. The fourth-order valence-electron chi connectivity index (χ4n) is 2.84. The molecule has 0 bridgehead atoms. The molecule has 1 aliphatic carbocycles. The highest BCUT2D eigenvalue weighted by atomic mass is 35.5. The summed E-state index contributed by atoms with van der Waals surface area (Å²) >= 11 is 5.71. The molecule has 3 atom stereocenters. The largest absolute Gasteiger partial charge is 0.508 e. The molecule has 0 radical (unpaired) electrons. The molecule has 3 unspecified atom stereocenters. The minimum atomic E-state index is -3.13. The first-order valence-electron chi connectivity index (χ1n) is 10.8. The lowest BCUT2D eigenvalue weighted by molar-refractivity contribution is 0.385. The highest BCUT2D eigenvalue weighted by Crippen LogP contribution is 2.42. The summed E-state index contributed by atoms with van der Waals surface area (Å²) in [4.78, 5) is 6.32. The first kappa shape index (κ1) is 29.3. The van der Waals surface area contributed by atoms with Crippen molar-refractivity contribution in [3.8, 4) is 5.75 Å². The molecule has 0 aliphatic heterocycles. The molecule has 0 spiro atoms. The summed E-state index contributed by atoms with van der Waals surface area (Å²) in [6.45, 7) is 11.4. The van der Waals surface area contributed by atoms with E-state index in [4.69, 9.17) is 22.4 Å². The van der Waals surface area contributed by atoms with Crippen molar-refractivity contribution in [3.05, 3.63) is 35.5 Å². The minimum Gasteiger partial charge on any atom is -0.508 e. The van der Waals surface area contributed by atoms with Crippen molar-refractivity contribution >= 4 is 27.4 Å². The third kappa shape index (κ3) is 13.3. The van der Waals surface area contributed by atoms with Crippen LogP contribution in [0.1, 0.15) is 53.9 Å². The molecule has 31 heavy (non-hydrogen) atoms. The second kappa shape index (κ2) is 14.4. The van der Waals surface area contributed by atoms with Gasteiger partial charge in [0.25, 0.3) is 0 Å². The van der Waals surface area contributed by atoms with Crippen LogP contribution in [0.3, 0.4) is 0 Å². The molecule has 6 nitrogen and oxygen atoms in total. The summed E-state index contributed by atoms with van der Waals surface area (Å²) in [6.07, 6.45) is 6.65. The Bertz CT molecular complexity index is 804. The summed E-state index contributed by atoms with van der Waals surface area (Å²) in [5, 5.41) is 9.47. The Balaban J connectivity index is 0.000000591. The van der Waals surface area contributed by atoms with Gasteiger partial charge in [-0.25, -0.2) is 13.4 Å². The summed E-state index contributed by atoms with van der Waals surface area (Å²) in [7, 11) is -1.16. The molecular weight excluding hydrogens is 434 g/mol. The van der Waals surface area contributed by atoms with Gasteiger partial charge in [0.05, 0.1) is 4.90 Å². The number of nitrogens with zero attached hydrogens (tertiary/aromatic N) is 2. The summed E-state index contributed by atoms with van der Waals surface area (Å²) in [5.41, 5.74) is 5.86. The Morgan fingerprint density at radius 1 is 1.35 bits per heavy atom. The lowest BCUT2D eigenvalue weighted by atomic mass is 10.00. The number of sulfone groups is 1. The number of halogens is 1. The zero-order chi connectivity index (χ0) is 24.2. The van der Waals surface area contributed by atoms with Gasteiger partial charge in [-0.1, -0.05) is 39.3 Å². The Kier molecular flexibility index (Phi) is 13.6. The zero-order valence-corrected chi connectivity index (χ0v) is 21.5. The van der Waals surface area contributed by atoms with E-state index in [1.807, 2.05) is 25.8 Å². The van der Waals surface area contributed by atoms with Crippen LogP contribution in [0.2, 0.25) is 0 Å². The number of benzene rings is 1. The van der Waals surface area contributed by atoms with E-state index >= 15 is 0 Å². The smallest absolute Gasteiger partial charge is 0.195 e. The van der Waals surface area contributed by atoms with Crippen LogP contribution < -0.4 is 5.73 Å². The average molecular weight is 474 g/mol. The number of rotatable bonds is 7. The second-order valence-corrected chi connectivity index (χ2v) is 10.6. The monoisotopic (exact) mass is 473 g/mol. The van der Waals surface area contributed by atoms with Crippen molar-refractivity contribution in [3.63, 3.8) is 0 Å². The van der Waals surface area contributed by atoms with Gasteiger partial charge in [0.2, 0.25) is 0 Å². The standard InChI is InChI=1S/C14H26ClN3.C7H8O3S.C2H6/c1-10(7-13-8-11(13)2)5-6-18(4)14(16)17-9-12(3)15;1-11(9,10)7-4-2-6(8)3-5-7;1-2/h9-11,13H,5-8H2,1-4H3,(H2,16,17);2-5,8H,1H3;1-2H3/b12-9+;;. The molecule has 1 aromatic carbocycles. The molecule has 0 heterocycles. The number of hydrogen-bond acceptors (Lipinski definition) is 4. The maximum absolute atomic E-state index is 10.9. The maximum Gasteiger partial charge on any atom is 0.195 e. The number of allylic oxidation sites excluding steroid dienone is 1. The fourth-order valence-corrected chi connectivity index (χ4v) is 3.52. The Labute approximate surface area is 194 Å². The maximum atomic E-state index is 10.9. The Morgan fingerprint density at radius 2 is 1.87 bits per heavy atom. The molecule has 1 aliphatic rings. The van der Waals surface area contributed by atoms with Crippen LogP contribution in [-0.2, 0) is 9.84 Å². The highest BCUT2D eigenvalue weighted by molar-refractivity contribution is 7.90. The fraction of sp³-hybridized carbons (Fsp3) is 0.609. The van der Waals surface area contributed by atoms with E-state index in [2.05, 4.69) is 18.8 Å². The number of phenols is 1. The normalized spacial score (nSPS) is 19.4. The predicted molar refractivity (Wildman–Crippen MR) is 132 cm³/mol. The SMILES string of the molecule is C/C(Cl)=C\N=C(N)N(C)CCC(C)CC1CC1C.CC.CS(=O)(=O)c1ccc(O)cc1. The van der Waals surface area contributed by atoms with Crippen molar-refractivity contribution < 1.29 is 13.5 Å². The van der Waals surface area contributed by atoms with Gasteiger partial charge in [0, 0.05) is 31.1 Å². The average Bonchev–Trinajstić information content (AvgIpc) is 3.40. The van der Waals surface area contributed by atoms with Crippen molar-refractivity contribution in [2.45, 2.75) is 58.8 Å².